The standard InChI is InChI=1S/C17H23N3OS2/c1-5-14-13-7-9-22-15(13)6-8-20(14)17(21)19-11(3)16-10(2)18-12(4)23-16/h7,9,11,14H,5-6,8H2,1-4H3,(H,19,21). The molecule has 124 valence electrons. The summed E-state index contributed by atoms with van der Waals surface area (Å²) in [6, 6.07) is 2.40. The predicted octanol–water partition coefficient (Wildman–Crippen LogP) is 4.60. The highest BCUT2D eigenvalue weighted by molar-refractivity contribution is 7.11. The van der Waals surface area contributed by atoms with Gasteiger partial charge in [-0.15, -0.1) is 22.7 Å². The lowest BCUT2D eigenvalue weighted by Crippen LogP contribution is -2.45. The number of aromatic nitrogens is 1. The fourth-order valence-corrected chi connectivity index (χ4v) is 5.22. The largest absolute Gasteiger partial charge is 0.331 e. The maximum Gasteiger partial charge on any atom is 0.318 e. The van der Waals surface area contributed by atoms with E-state index in [0.29, 0.717) is 0 Å². The molecule has 1 aliphatic rings. The van der Waals surface area contributed by atoms with Crippen LogP contribution >= 0.6 is 22.7 Å². The first-order valence-corrected chi connectivity index (χ1v) is 9.78. The summed E-state index contributed by atoms with van der Waals surface area (Å²) >= 11 is 3.47. The van der Waals surface area contributed by atoms with Gasteiger partial charge in [0.2, 0.25) is 0 Å². The summed E-state index contributed by atoms with van der Waals surface area (Å²) < 4.78 is 0. The monoisotopic (exact) mass is 349 g/mol. The van der Waals surface area contributed by atoms with E-state index in [1.165, 1.54) is 10.4 Å². The van der Waals surface area contributed by atoms with Crippen molar-refractivity contribution >= 4 is 28.7 Å². The third-order valence-electron chi connectivity index (χ3n) is 4.42. The van der Waals surface area contributed by atoms with Crippen LogP contribution in [0.25, 0.3) is 0 Å². The number of fused-ring (bicyclic) bond motifs is 1. The Labute approximate surface area is 145 Å². The number of hydrogen-bond donors (Lipinski definition) is 1. The van der Waals surface area contributed by atoms with Gasteiger partial charge < -0.3 is 10.2 Å². The van der Waals surface area contributed by atoms with Crippen LogP contribution < -0.4 is 5.32 Å². The third-order valence-corrected chi connectivity index (χ3v) is 6.67. The molecule has 0 radical (unpaired) electrons. The molecule has 23 heavy (non-hydrogen) atoms. The van der Waals surface area contributed by atoms with Crippen LogP contribution in [0.15, 0.2) is 11.4 Å². The fraction of sp³-hybridized carbons (Fsp3) is 0.529. The van der Waals surface area contributed by atoms with Crippen LogP contribution in [-0.4, -0.2) is 22.5 Å². The minimum atomic E-state index is -0.00456. The molecule has 6 heteroatoms. The molecule has 0 saturated heterocycles. The lowest BCUT2D eigenvalue weighted by Gasteiger charge is -2.36. The molecule has 2 aromatic heterocycles. The third kappa shape index (κ3) is 3.15. The average Bonchev–Trinajstić information content (AvgIpc) is 3.11. The van der Waals surface area contributed by atoms with E-state index in [1.54, 1.807) is 11.3 Å². The SMILES string of the molecule is CCC1c2ccsc2CCN1C(=O)NC(C)c1sc(C)nc1C. The van der Waals surface area contributed by atoms with Crippen LogP contribution in [-0.2, 0) is 6.42 Å². The minimum absolute atomic E-state index is 0.00456. The summed E-state index contributed by atoms with van der Waals surface area (Å²) in [6.07, 6.45) is 1.91. The highest BCUT2D eigenvalue weighted by Crippen LogP contribution is 2.35. The van der Waals surface area contributed by atoms with Gasteiger partial charge in [0.05, 0.1) is 22.8 Å². The normalized spacial score (nSPS) is 18.6. The van der Waals surface area contributed by atoms with Gasteiger partial charge in [0, 0.05) is 16.3 Å². The summed E-state index contributed by atoms with van der Waals surface area (Å²) in [5.41, 5.74) is 2.35. The molecule has 1 aliphatic heterocycles. The van der Waals surface area contributed by atoms with Crippen molar-refractivity contribution in [3.05, 3.63) is 37.5 Å². The number of thiophene rings is 1. The molecule has 0 aliphatic carbocycles. The number of carbonyl (C=O) groups is 1. The Kier molecular flexibility index (Phi) is 4.73. The second-order valence-corrected chi connectivity index (χ2v) is 8.26. The zero-order valence-electron chi connectivity index (χ0n) is 14.0. The van der Waals surface area contributed by atoms with Crippen molar-refractivity contribution in [1.29, 1.82) is 0 Å². The van der Waals surface area contributed by atoms with Gasteiger partial charge in [-0.1, -0.05) is 6.92 Å². The minimum Gasteiger partial charge on any atom is -0.331 e. The number of thiazole rings is 1. The molecule has 4 nitrogen and oxygen atoms in total. The fourth-order valence-electron chi connectivity index (χ4n) is 3.36. The topological polar surface area (TPSA) is 45.2 Å². The van der Waals surface area contributed by atoms with E-state index in [0.717, 1.165) is 35.0 Å². The molecule has 2 unspecified atom stereocenters. The number of hydrogen-bond acceptors (Lipinski definition) is 4. The summed E-state index contributed by atoms with van der Waals surface area (Å²) in [5.74, 6) is 0. The first-order valence-electron chi connectivity index (χ1n) is 8.08. The van der Waals surface area contributed by atoms with E-state index in [-0.39, 0.29) is 18.1 Å². The first kappa shape index (κ1) is 16.5. The van der Waals surface area contributed by atoms with Crippen molar-refractivity contribution in [3.63, 3.8) is 0 Å². The van der Waals surface area contributed by atoms with Crippen molar-refractivity contribution in [2.45, 2.75) is 52.6 Å². The van der Waals surface area contributed by atoms with E-state index in [9.17, 15) is 4.79 Å². The molecule has 2 atom stereocenters. The van der Waals surface area contributed by atoms with Crippen molar-refractivity contribution < 1.29 is 4.79 Å². The van der Waals surface area contributed by atoms with Crippen LogP contribution in [0.1, 0.15) is 58.4 Å². The number of amides is 2. The highest BCUT2D eigenvalue weighted by Gasteiger charge is 2.31. The first-order chi connectivity index (χ1) is 11.0. The van der Waals surface area contributed by atoms with Crippen LogP contribution in [0.2, 0.25) is 0 Å². The van der Waals surface area contributed by atoms with Crippen LogP contribution in [0.4, 0.5) is 4.79 Å². The molecule has 2 aromatic rings. The molecule has 0 bridgehead atoms. The van der Waals surface area contributed by atoms with E-state index >= 15 is 0 Å². The summed E-state index contributed by atoms with van der Waals surface area (Å²) in [5, 5.41) is 6.36. The van der Waals surface area contributed by atoms with Crippen LogP contribution in [0, 0.1) is 13.8 Å². The van der Waals surface area contributed by atoms with Gasteiger partial charge in [0.25, 0.3) is 0 Å². The Balaban J connectivity index is 1.74. The number of rotatable bonds is 3. The van der Waals surface area contributed by atoms with Gasteiger partial charge in [-0.05, 0) is 50.6 Å². The molecular formula is C17H23N3OS2. The zero-order chi connectivity index (χ0) is 16.6. The van der Waals surface area contributed by atoms with Gasteiger partial charge >= 0.3 is 6.03 Å². The number of carbonyl (C=O) groups excluding carboxylic acids is 1. The van der Waals surface area contributed by atoms with Crippen molar-refractivity contribution in [2.24, 2.45) is 0 Å². The second-order valence-electron chi connectivity index (χ2n) is 6.02. The van der Waals surface area contributed by atoms with Crippen molar-refractivity contribution in [1.82, 2.24) is 15.2 Å². The summed E-state index contributed by atoms with van der Waals surface area (Å²) in [4.78, 5) is 21.8. The smallest absolute Gasteiger partial charge is 0.318 e. The molecule has 3 rings (SSSR count). The number of nitrogens with zero attached hydrogens (tertiary/aromatic N) is 2. The lowest BCUT2D eigenvalue weighted by atomic mass is 9.98. The average molecular weight is 350 g/mol. The van der Waals surface area contributed by atoms with Crippen molar-refractivity contribution in [2.75, 3.05) is 6.54 Å². The Hall–Kier alpha value is -1.40. The summed E-state index contributed by atoms with van der Waals surface area (Å²) in [6.45, 7) is 9.00. The predicted molar refractivity (Wildman–Crippen MR) is 96.3 cm³/mol. The van der Waals surface area contributed by atoms with Gasteiger partial charge in [-0.3, -0.25) is 0 Å². The highest BCUT2D eigenvalue weighted by atomic mass is 32.1. The summed E-state index contributed by atoms with van der Waals surface area (Å²) in [7, 11) is 0. The molecule has 2 amide bonds. The molecule has 0 saturated carbocycles. The Bertz CT molecular complexity index is 707. The number of aryl methyl sites for hydroxylation is 2. The molecule has 0 spiro atoms. The van der Waals surface area contributed by atoms with Crippen molar-refractivity contribution in [3.8, 4) is 0 Å². The lowest BCUT2D eigenvalue weighted by molar-refractivity contribution is 0.165. The molecule has 3 heterocycles. The maximum absolute atomic E-state index is 12.8. The quantitative estimate of drug-likeness (QED) is 0.880. The van der Waals surface area contributed by atoms with Gasteiger partial charge in [0.15, 0.2) is 0 Å². The second kappa shape index (κ2) is 6.61. The number of nitrogens with one attached hydrogen (secondary N) is 1. The van der Waals surface area contributed by atoms with Crippen LogP contribution in [0.3, 0.4) is 0 Å². The van der Waals surface area contributed by atoms with E-state index in [1.807, 2.05) is 37.0 Å². The van der Waals surface area contributed by atoms with Crippen LogP contribution in [0.5, 0.6) is 0 Å². The van der Waals surface area contributed by atoms with E-state index in [2.05, 4.69) is 28.7 Å². The van der Waals surface area contributed by atoms with Gasteiger partial charge in [-0.2, -0.15) is 0 Å². The molecule has 0 aromatic carbocycles. The van der Waals surface area contributed by atoms with E-state index in [4.69, 9.17) is 0 Å². The van der Waals surface area contributed by atoms with Gasteiger partial charge in [0.1, 0.15) is 0 Å². The maximum atomic E-state index is 12.8. The molecule has 1 N–H and O–H groups in total. The van der Waals surface area contributed by atoms with Gasteiger partial charge in [-0.25, -0.2) is 9.78 Å². The van der Waals surface area contributed by atoms with E-state index < -0.39 is 0 Å². The Morgan fingerprint density at radius 1 is 1.52 bits per heavy atom. The molecule has 0 fully saturated rings. The number of urea groups is 1. The Morgan fingerprint density at radius 2 is 2.30 bits per heavy atom. The zero-order valence-corrected chi connectivity index (χ0v) is 15.7. The Morgan fingerprint density at radius 3 is 2.96 bits per heavy atom. The molecular weight excluding hydrogens is 326 g/mol.